The first-order valence-corrected chi connectivity index (χ1v) is 13.4. The van der Waals surface area contributed by atoms with Crippen LogP contribution < -0.4 is 18.9 Å². The van der Waals surface area contributed by atoms with Gasteiger partial charge in [0.25, 0.3) is 5.91 Å². The van der Waals surface area contributed by atoms with Crippen molar-refractivity contribution >= 4 is 23.2 Å². The molecule has 3 aromatic rings. The molecule has 0 aliphatic rings. The van der Waals surface area contributed by atoms with Crippen molar-refractivity contribution in [2.75, 3.05) is 48.1 Å². The van der Waals surface area contributed by atoms with Gasteiger partial charge in [-0.2, -0.15) is 0 Å². The van der Waals surface area contributed by atoms with Crippen molar-refractivity contribution in [2.45, 2.75) is 19.9 Å². The quantitative estimate of drug-likeness (QED) is 0.262. The predicted molar refractivity (Wildman–Crippen MR) is 153 cm³/mol. The summed E-state index contributed by atoms with van der Waals surface area (Å²) >= 11 is 1.61. The normalized spacial score (nSPS) is 10.5. The largest absolute Gasteiger partial charge is 0.497 e. The van der Waals surface area contributed by atoms with Crippen molar-refractivity contribution in [3.05, 3.63) is 82.1 Å². The zero-order valence-electron chi connectivity index (χ0n) is 23.2. The Morgan fingerprint density at radius 2 is 1.59 bits per heavy atom. The summed E-state index contributed by atoms with van der Waals surface area (Å²) < 4.78 is 21.4. The maximum atomic E-state index is 13.7. The molecule has 0 aliphatic heterocycles. The van der Waals surface area contributed by atoms with Crippen LogP contribution in [0.25, 0.3) is 0 Å². The Hall–Kier alpha value is -3.98. The first kappa shape index (κ1) is 29.6. The van der Waals surface area contributed by atoms with Gasteiger partial charge in [0, 0.05) is 29.6 Å². The second kappa shape index (κ2) is 14.2. The highest BCUT2D eigenvalue weighted by Gasteiger charge is 2.23. The number of carbonyl (C=O) groups excluding carboxylic acids is 2. The molecule has 0 radical (unpaired) electrons. The third-order valence-corrected chi connectivity index (χ3v) is 7.34. The van der Waals surface area contributed by atoms with Gasteiger partial charge in [-0.25, -0.2) is 0 Å². The van der Waals surface area contributed by atoms with Gasteiger partial charge in [0.15, 0.2) is 11.5 Å². The van der Waals surface area contributed by atoms with Gasteiger partial charge in [-0.3, -0.25) is 9.59 Å². The molecule has 2 aromatic carbocycles. The number of rotatable bonds is 14. The molecule has 39 heavy (non-hydrogen) atoms. The number of methoxy groups -OCH3 is 4. The summed E-state index contributed by atoms with van der Waals surface area (Å²) in [6.07, 6.45) is 2.22. The SMILES string of the molecule is C=CCN(CC(=O)N(CCc1ccc(OC)c(OC)c1)Cc1sccc1C)C(=O)c1cc(OC)cc(OC)c1. The average Bonchev–Trinajstić information content (AvgIpc) is 3.37. The molecule has 0 unspecified atom stereocenters. The van der Waals surface area contributed by atoms with Crippen LogP contribution in [0.15, 0.2) is 60.5 Å². The molecule has 1 heterocycles. The Morgan fingerprint density at radius 1 is 0.897 bits per heavy atom. The van der Waals surface area contributed by atoms with Crippen molar-refractivity contribution in [3.8, 4) is 23.0 Å². The highest BCUT2D eigenvalue weighted by molar-refractivity contribution is 7.10. The van der Waals surface area contributed by atoms with Crippen LogP contribution in [0.5, 0.6) is 23.0 Å². The first-order chi connectivity index (χ1) is 18.8. The Morgan fingerprint density at radius 3 is 2.15 bits per heavy atom. The van der Waals surface area contributed by atoms with Crippen LogP contribution in [-0.2, 0) is 17.8 Å². The third-order valence-electron chi connectivity index (χ3n) is 6.33. The summed E-state index contributed by atoms with van der Waals surface area (Å²) in [6.45, 7) is 6.86. The minimum atomic E-state index is -0.312. The predicted octanol–water partition coefficient (Wildman–Crippen LogP) is 4.99. The Bertz CT molecular complexity index is 1270. The van der Waals surface area contributed by atoms with Crippen LogP contribution in [-0.4, -0.2) is 69.7 Å². The van der Waals surface area contributed by atoms with E-state index in [0.717, 1.165) is 16.0 Å². The number of carbonyl (C=O) groups is 2. The fraction of sp³-hybridized carbons (Fsp3) is 0.333. The van der Waals surface area contributed by atoms with E-state index in [1.165, 1.54) is 19.1 Å². The van der Waals surface area contributed by atoms with Crippen LogP contribution in [0.1, 0.15) is 26.4 Å². The number of amides is 2. The molecule has 0 fully saturated rings. The van der Waals surface area contributed by atoms with E-state index in [1.807, 2.05) is 36.6 Å². The third kappa shape index (κ3) is 7.77. The summed E-state index contributed by atoms with van der Waals surface area (Å²) in [5.41, 5.74) is 2.51. The molecule has 8 nitrogen and oxygen atoms in total. The summed E-state index contributed by atoms with van der Waals surface area (Å²) in [6, 6.07) is 12.7. The molecule has 2 amide bonds. The van der Waals surface area contributed by atoms with Crippen LogP contribution >= 0.6 is 11.3 Å². The molecule has 1 aromatic heterocycles. The van der Waals surface area contributed by atoms with Crippen molar-refractivity contribution in [1.29, 1.82) is 0 Å². The van der Waals surface area contributed by atoms with E-state index in [1.54, 1.807) is 54.7 Å². The molecule has 0 N–H and O–H groups in total. The van der Waals surface area contributed by atoms with Gasteiger partial charge in [0.1, 0.15) is 18.0 Å². The lowest BCUT2D eigenvalue weighted by Gasteiger charge is -2.27. The molecule has 0 saturated carbocycles. The molecule has 9 heteroatoms. The Balaban J connectivity index is 1.83. The Labute approximate surface area is 234 Å². The number of ether oxygens (including phenoxy) is 4. The topological polar surface area (TPSA) is 77.5 Å². The molecular formula is C30H36N2O6S. The van der Waals surface area contributed by atoms with Crippen LogP contribution in [0.3, 0.4) is 0 Å². The molecule has 0 bridgehead atoms. The molecule has 208 valence electrons. The molecule has 0 aliphatic carbocycles. The fourth-order valence-corrected chi connectivity index (χ4v) is 5.00. The monoisotopic (exact) mass is 552 g/mol. The maximum Gasteiger partial charge on any atom is 0.254 e. The molecule has 0 saturated heterocycles. The van der Waals surface area contributed by atoms with E-state index in [0.29, 0.717) is 48.1 Å². The highest BCUT2D eigenvalue weighted by Crippen LogP contribution is 2.28. The second-order valence-corrected chi connectivity index (χ2v) is 9.86. The zero-order chi connectivity index (χ0) is 28.4. The number of aryl methyl sites for hydroxylation is 1. The second-order valence-electron chi connectivity index (χ2n) is 8.86. The van der Waals surface area contributed by atoms with Gasteiger partial charge in [-0.05, 0) is 60.2 Å². The van der Waals surface area contributed by atoms with E-state index in [2.05, 4.69) is 6.58 Å². The average molecular weight is 553 g/mol. The minimum Gasteiger partial charge on any atom is -0.497 e. The summed E-state index contributed by atoms with van der Waals surface area (Å²) in [5, 5.41) is 2.02. The van der Waals surface area contributed by atoms with Gasteiger partial charge < -0.3 is 28.7 Å². The van der Waals surface area contributed by atoms with Gasteiger partial charge in [0.05, 0.1) is 35.0 Å². The van der Waals surface area contributed by atoms with Gasteiger partial charge in [0.2, 0.25) is 5.91 Å². The highest BCUT2D eigenvalue weighted by atomic mass is 32.1. The van der Waals surface area contributed by atoms with Gasteiger partial charge in [-0.15, -0.1) is 17.9 Å². The first-order valence-electron chi connectivity index (χ1n) is 12.5. The number of thiophene rings is 1. The van der Waals surface area contributed by atoms with Crippen LogP contribution in [0, 0.1) is 6.92 Å². The number of benzene rings is 2. The van der Waals surface area contributed by atoms with E-state index in [4.69, 9.17) is 18.9 Å². The molecule has 0 spiro atoms. The minimum absolute atomic E-state index is 0.0965. The van der Waals surface area contributed by atoms with E-state index >= 15 is 0 Å². The standard InChI is InChI=1S/C30H36N2O6S/c1-7-12-32(30(34)23-16-24(35-3)18-25(17-23)36-4)20-29(33)31(19-28-21(2)11-14-39-28)13-10-22-8-9-26(37-5)27(15-22)38-6/h7-9,11,14-18H,1,10,12-13,19-20H2,2-6H3. The fourth-order valence-electron chi connectivity index (χ4n) is 4.08. The summed E-state index contributed by atoms with van der Waals surface area (Å²) in [5.74, 6) is 1.80. The lowest BCUT2D eigenvalue weighted by Crippen LogP contribution is -2.43. The van der Waals surface area contributed by atoms with Crippen molar-refractivity contribution in [1.82, 2.24) is 9.80 Å². The van der Waals surface area contributed by atoms with Crippen LogP contribution in [0.2, 0.25) is 0 Å². The lowest BCUT2D eigenvalue weighted by atomic mass is 10.1. The van der Waals surface area contributed by atoms with Gasteiger partial charge in [-0.1, -0.05) is 12.1 Å². The molecular weight excluding hydrogens is 516 g/mol. The number of hydrogen-bond donors (Lipinski definition) is 0. The van der Waals surface area contributed by atoms with Crippen molar-refractivity contribution in [3.63, 3.8) is 0 Å². The van der Waals surface area contributed by atoms with E-state index in [-0.39, 0.29) is 24.9 Å². The lowest BCUT2D eigenvalue weighted by molar-refractivity contribution is -0.132. The summed E-state index contributed by atoms with van der Waals surface area (Å²) in [7, 11) is 6.24. The van der Waals surface area contributed by atoms with Crippen molar-refractivity contribution in [2.24, 2.45) is 0 Å². The van der Waals surface area contributed by atoms with Crippen LogP contribution in [0.4, 0.5) is 0 Å². The van der Waals surface area contributed by atoms with Crippen molar-refractivity contribution < 1.29 is 28.5 Å². The Kier molecular flexibility index (Phi) is 10.8. The van der Waals surface area contributed by atoms with Gasteiger partial charge >= 0.3 is 0 Å². The van der Waals surface area contributed by atoms with E-state index < -0.39 is 0 Å². The summed E-state index contributed by atoms with van der Waals surface area (Å²) in [4.78, 5) is 31.6. The smallest absolute Gasteiger partial charge is 0.254 e. The molecule has 0 atom stereocenters. The number of nitrogens with zero attached hydrogens (tertiary/aromatic N) is 2. The zero-order valence-corrected chi connectivity index (χ0v) is 24.0. The molecule has 3 rings (SSSR count). The number of hydrogen-bond acceptors (Lipinski definition) is 7. The maximum absolute atomic E-state index is 13.7. The van der Waals surface area contributed by atoms with E-state index in [9.17, 15) is 9.59 Å².